The average molecular weight is 587 g/mol. The van der Waals surface area contributed by atoms with Crippen molar-refractivity contribution in [1.82, 2.24) is 10.3 Å². The van der Waals surface area contributed by atoms with Crippen LogP contribution < -0.4 is 29.3 Å². The number of thiazole rings is 1. The molecule has 0 aliphatic heterocycles. The van der Waals surface area contributed by atoms with Gasteiger partial charge in [0.15, 0.2) is 0 Å². The summed E-state index contributed by atoms with van der Waals surface area (Å²) in [6, 6.07) is 19.8. The van der Waals surface area contributed by atoms with Crippen molar-refractivity contribution in [2.75, 3.05) is 12.0 Å². The number of carbonyl (C=O) groups is 2. The molecule has 0 spiro atoms. The third kappa shape index (κ3) is 8.47. The molecule has 4 aromatic rings. The molecule has 1 amide bonds. The molecule has 0 radical (unpaired) electrons. The van der Waals surface area contributed by atoms with E-state index in [1.807, 2.05) is 80.0 Å². The van der Waals surface area contributed by atoms with Gasteiger partial charge in [-0.15, -0.1) is 11.3 Å². The number of carboxylic acid groups (broad SMARTS) is 1. The zero-order valence-corrected chi connectivity index (χ0v) is 25.0. The first-order chi connectivity index (χ1) is 18.9. The molecule has 0 aliphatic carbocycles. The first-order valence-corrected chi connectivity index (χ1v) is 14.9. The van der Waals surface area contributed by atoms with E-state index in [1.54, 1.807) is 17.4 Å². The van der Waals surface area contributed by atoms with Gasteiger partial charge in [-0.1, -0.05) is 54.1 Å². The Balaban J connectivity index is 0.00000441. The molecule has 1 heterocycles. The van der Waals surface area contributed by atoms with Crippen molar-refractivity contribution < 1.29 is 38.3 Å². The fourth-order valence-electron chi connectivity index (χ4n) is 4.07. The standard InChI is InChI=1S/C30H29ClN2O4S2.Li/c1-19-5-3-4-6-24(19)26-15-20(7-12-25(26)28(34)33-27(30(35)36)13-14-38-2)17-37-18-23-16-32-29(39-23)21-8-10-22(31)11-9-21;/h3-12,15-16,27H,13-14,17-18H2,1-2H3,(H,33,34)(H,35,36);/q;+1/p-1/t27-;/m0./s1. The van der Waals surface area contributed by atoms with Gasteiger partial charge in [0.1, 0.15) is 5.01 Å². The molecule has 0 saturated heterocycles. The quantitative estimate of drug-likeness (QED) is 0.257. The smallest absolute Gasteiger partial charge is 0.548 e. The second-order valence-corrected chi connectivity index (χ2v) is 11.5. The summed E-state index contributed by atoms with van der Waals surface area (Å²) in [4.78, 5) is 30.3. The topological polar surface area (TPSA) is 91.3 Å². The van der Waals surface area contributed by atoms with Crippen LogP contribution in [-0.4, -0.2) is 34.9 Å². The van der Waals surface area contributed by atoms with E-state index in [0.29, 0.717) is 29.6 Å². The van der Waals surface area contributed by atoms with Crippen LogP contribution in [0.15, 0.2) is 72.9 Å². The summed E-state index contributed by atoms with van der Waals surface area (Å²) >= 11 is 9.06. The molecule has 0 bridgehead atoms. The predicted molar refractivity (Wildman–Crippen MR) is 157 cm³/mol. The Morgan fingerprint density at radius 3 is 2.52 bits per heavy atom. The minimum atomic E-state index is -1.29. The van der Waals surface area contributed by atoms with Crippen LogP contribution in [0.25, 0.3) is 21.7 Å². The van der Waals surface area contributed by atoms with Gasteiger partial charge in [0, 0.05) is 22.3 Å². The zero-order chi connectivity index (χ0) is 27.8. The van der Waals surface area contributed by atoms with Crippen molar-refractivity contribution in [3.05, 3.63) is 99.5 Å². The van der Waals surface area contributed by atoms with Gasteiger partial charge in [0.05, 0.1) is 30.1 Å². The summed E-state index contributed by atoms with van der Waals surface area (Å²) in [7, 11) is 0. The fourth-order valence-corrected chi connectivity index (χ4v) is 5.52. The molecule has 40 heavy (non-hydrogen) atoms. The SMILES string of the molecule is CSCC[C@H](NC(=O)c1ccc(COCc2cnc(-c3ccc(Cl)cc3)s2)cc1-c1ccccc1C)C(=O)[O-].[Li+]. The summed E-state index contributed by atoms with van der Waals surface area (Å²) in [6.45, 7) is 2.71. The third-order valence-electron chi connectivity index (χ3n) is 6.12. The maximum Gasteiger partial charge on any atom is 1.00 e. The first kappa shape index (κ1) is 31.9. The molecule has 4 rings (SSSR count). The number of rotatable bonds is 12. The van der Waals surface area contributed by atoms with Crippen LogP contribution in [-0.2, 0) is 22.7 Å². The number of hydrogen-bond acceptors (Lipinski definition) is 7. The van der Waals surface area contributed by atoms with Crippen LogP contribution in [0.5, 0.6) is 0 Å². The fraction of sp³-hybridized carbons (Fsp3) is 0.233. The van der Waals surface area contributed by atoms with Gasteiger partial charge in [0.2, 0.25) is 0 Å². The van der Waals surface area contributed by atoms with Gasteiger partial charge in [-0.05, 0) is 71.9 Å². The Hall–Kier alpha value is -2.57. The Kier molecular flexibility index (Phi) is 12.3. The van der Waals surface area contributed by atoms with Crippen LogP contribution >= 0.6 is 34.7 Å². The summed E-state index contributed by atoms with van der Waals surface area (Å²) < 4.78 is 6.00. The van der Waals surface area contributed by atoms with Crippen LogP contribution in [0.1, 0.15) is 32.8 Å². The van der Waals surface area contributed by atoms with Crippen LogP contribution in [0.3, 0.4) is 0 Å². The minimum Gasteiger partial charge on any atom is -0.548 e. The molecule has 10 heteroatoms. The number of hydrogen-bond donors (Lipinski definition) is 1. The molecule has 6 nitrogen and oxygen atoms in total. The van der Waals surface area contributed by atoms with Gasteiger partial charge in [0.25, 0.3) is 5.91 Å². The number of nitrogens with one attached hydrogen (secondary N) is 1. The predicted octanol–water partition coefficient (Wildman–Crippen LogP) is 2.76. The number of carboxylic acids is 1. The van der Waals surface area contributed by atoms with Crippen LogP contribution in [0.4, 0.5) is 0 Å². The van der Waals surface area contributed by atoms with Gasteiger partial charge < -0.3 is 20.0 Å². The number of amides is 1. The van der Waals surface area contributed by atoms with E-state index in [2.05, 4.69) is 10.3 Å². The maximum atomic E-state index is 13.2. The van der Waals surface area contributed by atoms with Crippen LogP contribution in [0, 0.1) is 6.92 Å². The summed E-state index contributed by atoms with van der Waals surface area (Å²) in [5.41, 5.74) is 4.92. The van der Waals surface area contributed by atoms with Gasteiger partial charge >= 0.3 is 18.9 Å². The number of halogens is 1. The Morgan fingerprint density at radius 2 is 1.82 bits per heavy atom. The van der Waals surface area contributed by atoms with E-state index in [4.69, 9.17) is 16.3 Å². The van der Waals surface area contributed by atoms with Crippen molar-refractivity contribution in [2.45, 2.75) is 32.6 Å². The van der Waals surface area contributed by atoms with Gasteiger partial charge in [-0.2, -0.15) is 11.8 Å². The van der Waals surface area contributed by atoms with E-state index in [9.17, 15) is 14.7 Å². The number of carbonyl (C=O) groups excluding carboxylic acids is 2. The Labute approximate surface area is 259 Å². The zero-order valence-electron chi connectivity index (χ0n) is 22.6. The largest absolute Gasteiger partial charge is 1.00 e. The molecule has 1 aromatic heterocycles. The molecule has 0 unspecified atom stereocenters. The molecule has 1 atom stereocenters. The van der Waals surface area contributed by atoms with Crippen molar-refractivity contribution >= 4 is 46.6 Å². The van der Waals surface area contributed by atoms with Crippen molar-refractivity contribution in [1.29, 1.82) is 0 Å². The number of nitrogens with zero attached hydrogens (tertiary/aromatic N) is 1. The molecule has 3 aromatic carbocycles. The Morgan fingerprint density at radius 1 is 1.07 bits per heavy atom. The van der Waals surface area contributed by atoms with E-state index >= 15 is 0 Å². The van der Waals surface area contributed by atoms with Crippen molar-refractivity contribution in [3.63, 3.8) is 0 Å². The van der Waals surface area contributed by atoms with E-state index in [1.165, 1.54) is 11.8 Å². The number of aryl methyl sites for hydroxylation is 1. The first-order valence-electron chi connectivity index (χ1n) is 12.3. The van der Waals surface area contributed by atoms with E-state index in [-0.39, 0.29) is 25.3 Å². The van der Waals surface area contributed by atoms with Crippen molar-refractivity contribution in [2.24, 2.45) is 0 Å². The summed E-state index contributed by atoms with van der Waals surface area (Å²) in [5.74, 6) is -1.14. The summed E-state index contributed by atoms with van der Waals surface area (Å²) in [6.07, 6.45) is 3.99. The van der Waals surface area contributed by atoms with Crippen LogP contribution in [0.2, 0.25) is 5.02 Å². The molecule has 0 fully saturated rings. The molecule has 1 N–H and O–H groups in total. The number of aromatic nitrogens is 1. The molecule has 0 saturated carbocycles. The normalized spacial score (nSPS) is 11.5. The molecule has 202 valence electrons. The minimum absolute atomic E-state index is 0. The molecular formula is C30H28ClLiN2O4S2. The van der Waals surface area contributed by atoms with Crippen molar-refractivity contribution in [3.8, 4) is 21.7 Å². The molecular weight excluding hydrogens is 559 g/mol. The second kappa shape index (κ2) is 15.4. The number of benzene rings is 3. The van der Waals surface area contributed by atoms with E-state index < -0.39 is 17.9 Å². The second-order valence-electron chi connectivity index (χ2n) is 8.95. The van der Waals surface area contributed by atoms with E-state index in [0.717, 1.165) is 37.7 Å². The van der Waals surface area contributed by atoms with Gasteiger partial charge in [-0.25, -0.2) is 4.98 Å². The maximum absolute atomic E-state index is 13.2. The summed E-state index contributed by atoms with van der Waals surface area (Å²) in [5, 5.41) is 15.8. The Bertz CT molecular complexity index is 1450. The number of aliphatic carboxylic acids is 1. The van der Waals surface area contributed by atoms with Gasteiger partial charge in [-0.3, -0.25) is 4.79 Å². The molecule has 0 aliphatic rings. The number of thioether (sulfide) groups is 1. The average Bonchev–Trinajstić information content (AvgIpc) is 3.40. The number of ether oxygens (including phenoxy) is 1. The third-order valence-corrected chi connectivity index (χ3v) is 8.04. The monoisotopic (exact) mass is 586 g/mol.